The van der Waals surface area contributed by atoms with E-state index >= 15 is 0 Å². The van der Waals surface area contributed by atoms with Crippen molar-refractivity contribution < 1.29 is 0 Å². The summed E-state index contributed by atoms with van der Waals surface area (Å²) in [7, 11) is 0. The third kappa shape index (κ3) is 5.28. The topological polar surface area (TPSA) is 38.7 Å². The van der Waals surface area contributed by atoms with Crippen molar-refractivity contribution in [3.63, 3.8) is 0 Å². The average molecular weight is 662 g/mol. The fourth-order valence-electron chi connectivity index (χ4n) is 7.46. The first kappa shape index (κ1) is 29.9. The lowest BCUT2D eigenvalue weighted by molar-refractivity contribution is 1.07. The highest BCUT2D eigenvalue weighted by atomic mass is 15.0. The highest BCUT2D eigenvalue weighted by Gasteiger charge is 2.15. The van der Waals surface area contributed by atoms with E-state index in [1.165, 1.54) is 48.8 Å². The van der Waals surface area contributed by atoms with Gasteiger partial charge in [0.15, 0.2) is 17.5 Å². The van der Waals surface area contributed by atoms with E-state index < -0.39 is 0 Å². The zero-order valence-electron chi connectivity index (χ0n) is 28.2. The van der Waals surface area contributed by atoms with Crippen LogP contribution >= 0.6 is 0 Å². The van der Waals surface area contributed by atoms with E-state index in [1.54, 1.807) is 0 Å². The van der Waals surface area contributed by atoms with E-state index in [-0.39, 0.29) is 0 Å². The maximum Gasteiger partial charge on any atom is 0.164 e. The lowest BCUT2D eigenvalue weighted by Crippen LogP contribution is -2.00. The Morgan fingerprint density at radius 2 is 0.712 bits per heavy atom. The molecule has 0 aliphatic heterocycles. The molecule has 0 fully saturated rings. The monoisotopic (exact) mass is 661 g/mol. The predicted octanol–water partition coefficient (Wildman–Crippen LogP) is 12.8. The quantitative estimate of drug-likeness (QED) is 0.172. The molecule has 0 unspecified atom stereocenters. The number of fused-ring (bicyclic) bond motifs is 6. The molecule has 10 rings (SSSR count). The Hall–Kier alpha value is -6.97. The van der Waals surface area contributed by atoms with Crippen molar-refractivity contribution in [2.24, 2.45) is 0 Å². The normalized spacial score (nSPS) is 11.5. The Balaban J connectivity index is 1.10. The summed E-state index contributed by atoms with van der Waals surface area (Å²) < 4.78 is 0. The molecule has 0 radical (unpaired) electrons. The van der Waals surface area contributed by atoms with Crippen LogP contribution in [0, 0.1) is 0 Å². The number of rotatable bonds is 5. The van der Waals surface area contributed by atoms with Crippen molar-refractivity contribution in [2.75, 3.05) is 0 Å². The second kappa shape index (κ2) is 12.4. The van der Waals surface area contributed by atoms with E-state index in [4.69, 9.17) is 15.0 Å². The van der Waals surface area contributed by atoms with Gasteiger partial charge < -0.3 is 0 Å². The summed E-state index contributed by atoms with van der Waals surface area (Å²) in [6.07, 6.45) is 0. The highest BCUT2D eigenvalue weighted by Crippen LogP contribution is 2.35. The molecule has 0 amide bonds. The summed E-state index contributed by atoms with van der Waals surface area (Å²) in [5.74, 6) is 1.92. The smallest absolute Gasteiger partial charge is 0.164 e. The van der Waals surface area contributed by atoms with Crippen LogP contribution in [-0.2, 0) is 0 Å². The first-order valence-corrected chi connectivity index (χ1v) is 17.6. The predicted molar refractivity (Wildman–Crippen MR) is 217 cm³/mol. The Labute approximate surface area is 301 Å². The van der Waals surface area contributed by atoms with Crippen LogP contribution in [0.15, 0.2) is 188 Å². The molecule has 1 heterocycles. The number of hydrogen-bond donors (Lipinski definition) is 0. The van der Waals surface area contributed by atoms with Crippen molar-refractivity contribution >= 4 is 43.1 Å². The molecule has 242 valence electrons. The first-order chi connectivity index (χ1) is 25.7. The summed E-state index contributed by atoms with van der Waals surface area (Å²) in [6, 6.07) is 66.5. The zero-order valence-corrected chi connectivity index (χ0v) is 28.2. The van der Waals surface area contributed by atoms with E-state index in [2.05, 4.69) is 182 Å². The third-order valence-electron chi connectivity index (χ3n) is 10.1. The summed E-state index contributed by atoms with van der Waals surface area (Å²) >= 11 is 0. The van der Waals surface area contributed by atoms with Crippen LogP contribution < -0.4 is 0 Å². The fourth-order valence-corrected chi connectivity index (χ4v) is 7.46. The van der Waals surface area contributed by atoms with Gasteiger partial charge in [0, 0.05) is 16.7 Å². The van der Waals surface area contributed by atoms with Gasteiger partial charge >= 0.3 is 0 Å². The summed E-state index contributed by atoms with van der Waals surface area (Å²) in [6.45, 7) is 0. The van der Waals surface area contributed by atoms with Gasteiger partial charge in [-0.1, -0.05) is 182 Å². The second-order valence-electron chi connectivity index (χ2n) is 13.2. The molecule has 0 saturated heterocycles. The van der Waals surface area contributed by atoms with Gasteiger partial charge in [-0.25, -0.2) is 15.0 Å². The van der Waals surface area contributed by atoms with Gasteiger partial charge in [0.1, 0.15) is 0 Å². The van der Waals surface area contributed by atoms with Crippen LogP contribution in [0.2, 0.25) is 0 Å². The number of benzene rings is 9. The Morgan fingerprint density at radius 3 is 1.42 bits per heavy atom. The van der Waals surface area contributed by atoms with E-state index in [0.29, 0.717) is 17.5 Å². The third-order valence-corrected chi connectivity index (χ3v) is 10.1. The Bertz CT molecular complexity index is 2930. The minimum Gasteiger partial charge on any atom is -0.208 e. The fraction of sp³-hybridized carbons (Fsp3) is 0. The summed E-state index contributed by atoms with van der Waals surface area (Å²) in [4.78, 5) is 15.3. The van der Waals surface area contributed by atoms with Crippen LogP contribution in [0.3, 0.4) is 0 Å². The van der Waals surface area contributed by atoms with Crippen LogP contribution in [0.4, 0.5) is 0 Å². The molecule has 0 atom stereocenters. The first-order valence-electron chi connectivity index (χ1n) is 17.6. The Morgan fingerprint density at radius 1 is 0.250 bits per heavy atom. The zero-order chi connectivity index (χ0) is 34.4. The van der Waals surface area contributed by atoms with Gasteiger partial charge in [0.05, 0.1) is 0 Å². The molecule has 3 heteroatoms. The SMILES string of the molecule is c1ccc(-c2ccc(-c3nc(-c4ccc(-c5cccc6ccccc56)cc4)nc(-c4ccc5c(ccc6ccc7ccccc7c65)c4)n3)cc2)cc1. The lowest BCUT2D eigenvalue weighted by Gasteiger charge is -2.12. The molecule has 3 nitrogen and oxygen atoms in total. The maximum absolute atomic E-state index is 5.11. The van der Waals surface area contributed by atoms with Gasteiger partial charge in [-0.2, -0.15) is 0 Å². The molecular weight excluding hydrogens is 631 g/mol. The largest absolute Gasteiger partial charge is 0.208 e. The van der Waals surface area contributed by atoms with Gasteiger partial charge in [-0.05, 0) is 71.4 Å². The molecule has 0 aliphatic rings. The molecule has 0 saturated carbocycles. The van der Waals surface area contributed by atoms with Crippen LogP contribution in [-0.4, -0.2) is 15.0 Å². The average Bonchev–Trinajstić information content (AvgIpc) is 3.23. The standard InChI is InChI=1S/C49H31N3/c1-2-9-32(10-3-1)33-17-24-38(25-18-33)47-50-48(39-26-20-36(21-27-39)43-16-8-13-34-11-4-6-14-42(34)43)52-49(51-47)41-29-30-45-40(31-41)28-23-37-22-19-35-12-5-7-15-44(35)46(37)45/h1-31H. The van der Waals surface area contributed by atoms with Crippen molar-refractivity contribution in [1.29, 1.82) is 0 Å². The summed E-state index contributed by atoms with van der Waals surface area (Å²) in [5, 5.41) is 9.82. The van der Waals surface area contributed by atoms with Crippen molar-refractivity contribution in [1.82, 2.24) is 15.0 Å². The molecule has 10 aromatic rings. The minimum atomic E-state index is 0.640. The lowest BCUT2D eigenvalue weighted by atomic mass is 9.95. The Kier molecular flexibility index (Phi) is 7.14. The number of hydrogen-bond acceptors (Lipinski definition) is 3. The van der Waals surface area contributed by atoms with Crippen molar-refractivity contribution in [3.8, 4) is 56.4 Å². The van der Waals surface area contributed by atoms with E-state index in [9.17, 15) is 0 Å². The van der Waals surface area contributed by atoms with Gasteiger partial charge in [0.25, 0.3) is 0 Å². The van der Waals surface area contributed by atoms with Crippen LogP contribution in [0.25, 0.3) is 99.5 Å². The number of nitrogens with zero attached hydrogens (tertiary/aromatic N) is 3. The minimum absolute atomic E-state index is 0.640. The van der Waals surface area contributed by atoms with Gasteiger partial charge in [-0.15, -0.1) is 0 Å². The van der Waals surface area contributed by atoms with Gasteiger partial charge in [-0.3, -0.25) is 0 Å². The highest BCUT2D eigenvalue weighted by molar-refractivity contribution is 6.20. The van der Waals surface area contributed by atoms with Gasteiger partial charge in [0.2, 0.25) is 0 Å². The molecule has 1 aromatic heterocycles. The number of aromatic nitrogens is 3. The second-order valence-corrected chi connectivity index (χ2v) is 13.2. The van der Waals surface area contributed by atoms with Crippen molar-refractivity contribution in [2.45, 2.75) is 0 Å². The summed E-state index contributed by atoms with van der Waals surface area (Å²) in [5.41, 5.74) is 7.51. The molecule has 0 aliphatic carbocycles. The van der Waals surface area contributed by atoms with Crippen molar-refractivity contribution in [3.05, 3.63) is 188 Å². The molecule has 52 heavy (non-hydrogen) atoms. The molecular formula is C49H31N3. The van der Waals surface area contributed by atoms with E-state index in [1.807, 2.05) is 6.07 Å². The van der Waals surface area contributed by atoms with Crippen LogP contribution in [0.1, 0.15) is 0 Å². The molecule has 0 spiro atoms. The molecule has 9 aromatic carbocycles. The molecule has 0 bridgehead atoms. The van der Waals surface area contributed by atoms with E-state index in [0.717, 1.165) is 33.2 Å². The maximum atomic E-state index is 5.11. The molecule has 0 N–H and O–H groups in total. The van der Waals surface area contributed by atoms with Crippen LogP contribution in [0.5, 0.6) is 0 Å².